The van der Waals surface area contributed by atoms with Crippen LogP contribution in [-0.2, 0) is 20.9 Å². The Hall–Kier alpha value is -2.13. The molecule has 1 aromatic carbocycles. The second-order valence-corrected chi connectivity index (χ2v) is 8.88. The quantitative estimate of drug-likeness (QED) is 0.733. The molecule has 2 atom stereocenters. The molecule has 2 heterocycles. The summed E-state index contributed by atoms with van der Waals surface area (Å²) in [5.41, 5.74) is 2.81. The number of alkyl halides is 3. The van der Waals surface area contributed by atoms with E-state index in [0.717, 1.165) is 52.2 Å². The first-order valence-corrected chi connectivity index (χ1v) is 10.5. The van der Waals surface area contributed by atoms with Crippen LogP contribution in [0.15, 0.2) is 24.3 Å². The largest absolute Gasteiger partial charge is 0.490 e. The summed E-state index contributed by atoms with van der Waals surface area (Å²) < 4.78 is 37.5. The third-order valence-electron chi connectivity index (χ3n) is 6.41. The van der Waals surface area contributed by atoms with Crippen molar-refractivity contribution in [1.82, 2.24) is 10.2 Å². The maximum absolute atomic E-state index is 12.2. The average Bonchev–Trinajstić information content (AvgIpc) is 3.15. The highest BCUT2D eigenvalue weighted by Crippen LogP contribution is 2.41. The van der Waals surface area contributed by atoms with Gasteiger partial charge in [0.15, 0.2) is 0 Å². The van der Waals surface area contributed by atoms with E-state index in [1.165, 1.54) is 17.5 Å². The van der Waals surface area contributed by atoms with Crippen LogP contribution in [0.25, 0.3) is 0 Å². The van der Waals surface area contributed by atoms with Crippen molar-refractivity contribution in [3.8, 4) is 0 Å². The lowest BCUT2D eigenvalue weighted by Crippen LogP contribution is -2.45. The predicted molar refractivity (Wildman–Crippen MR) is 107 cm³/mol. The number of aryl methyl sites for hydroxylation is 1. The zero-order valence-electron chi connectivity index (χ0n) is 17.6. The molecule has 1 saturated carbocycles. The molecule has 1 amide bonds. The number of nitrogens with zero attached hydrogens (tertiary/aromatic N) is 1. The molecule has 0 aromatic heterocycles. The first kappa shape index (κ1) is 23.5. The van der Waals surface area contributed by atoms with Gasteiger partial charge in [0, 0.05) is 43.4 Å². The Morgan fingerprint density at radius 2 is 2.03 bits per heavy atom. The minimum atomic E-state index is -5.08. The maximum Gasteiger partial charge on any atom is 0.490 e. The molecule has 0 unspecified atom stereocenters. The van der Waals surface area contributed by atoms with Crippen molar-refractivity contribution in [2.24, 2.45) is 17.3 Å². The van der Waals surface area contributed by atoms with Crippen LogP contribution >= 0.6 is 0 Å². The number of fused-ring (bicyclic) bond motifs is 1. The van der Waals surface area contributed by atoms with Crippen LogP contribution in [0.5, 0.6) is 0 Å². The van der Waals surface area contributed by atoms with Crippen LogP contribution in [0.4, 0.5) is 13.2 Å². The summed E-state index contributed by atoms with van der Waals surface area (Å²) in [5, 5.41) is 10.4. The number of amides is 1. The molecule has 2 N–H and O–H groups in total. The number of ether oxygens (including phenoxy) is 1. The van der Waals surface area contributed by atoms with Crippen molar-refractivity contribution in [3.63, 3.8) is 0 Å². The van der Waals surface area contributed by atoms with Crippen LogP contribution in [0.1, 0.15) is 30.4 Å². The Morgan fingerprint density at radius 3 is 2.61 bits per heavy atom. The summed E-state index contributed by atoms with van der Waals surface area (Å²) in [6.45, 7) is 7.64. The Labute approximate surface area is 179 Å². The molecule has 9 heteroatoms. The van der Waals surface area contributed by atoms with Gasteiger partial charge in [-0.05, 0) is 25.3 Å². The Kier molecular flexibility index (Phi) is 7.26. The number of nitrogens with one attached hydrogen (secondary N) is 1. The van der Waals surface area contributed by atoms with Crippen molar-refractivity contribution >= 4 is 11.9 Å². The van der Waals surface area contributed by atoms with Gasteiger partial charge in [-0.2, -0.15) is 13.2 Å². The van der Waals surface area contributed by atoms with E-state index >= 15 is 0 Å². The van der Waals surface area contributed by atoms with Gasteiger partial charge in [-0.15, -0.1) is 0 Å². The molecule has 0 radical (unpaired) electrons. The van der Waals surface area contributed by atoms with E-state index in [0.29, 0.717) is 5.92 Å². The molecule has 0 spiro atoms. The summed E-state index contributed by atoms with van der Waals surface area (Å²) in [4.78, 5) is 23.6. The minimum absolute atomic E-state index is 0.114. The van der Waals surface area contributed by atoms with Crippen LogP contribution in [0, 0.1) is 24.2 Å². The molecular formula is C22H29F3N2O4. The third kappa shape index (κ3) is 5.98. The Balaban J connectivity index is 0.000000339. The molecule has 1 aliphatic carbocycles. The van der Waals surface area contributed by atoms with Crippen LogP contribution in [0.3, 0.4) is 0 Å². The van der Waals surface area contributed by atoms with Crippen LogP contribution < -0.4 is 5.32 Å². The van der Waals surface area contributed by atoms with Gasteiger partial charge in [0.2, 0.25) is 5.91 Å². The molecule has 3 aliphatic rings. The van der Waals surface area contributed by atoms with Crippen molar-refractivity contribution in [1.29, 1.82) is 0 Å². The number of likely N-dealkylation sites (tertiary alicyclic amines) is 1. The van der Waals surface area contributed by atoms with Crippen molar-refractivity contribution in [3.05, 3.63) is 35.4 Å². The first-order chi connectivity index (χ1) is 14.6. The van der Waals surface area contributed by atoms with Crippen LogP contribution in [-0.4, -0.2) is 60.9 Å². The lowest BCUT2D eigenvalue weighted by atomic mass is 9.80. The van der Waals surface area contributed by atoms with Gasteiger partial charge in [-0.1, -0.05) is 36.2 Å². The zero-order chi connectivity index (χ0) is 22.6. The topological polar surface area (TPSA) is 78.9 Å². The number of hydrogen-bond acceptors (Lipinski definition) is 4. The van der Waals surface area contributed by atoms with E-state index in [1.807, 2.05) is 0 Å². The smallest absolute Gasteiger partial charge is 0.475 e. The average molecular weight is 442 g/mol. The lowest BCUT2D eigenvalue weighted by Gasteiger charge is -2.30. The normalized spacial score (nSPS) is 25.9. The SMILES string of the molecule is Cc1cccc(CN2C[C@@H]3COC[C@]3(CNC(=O)C3CCC3)C2)c1.O=C(O)C(F)(F)F. The van der Waals surface area contributed by atoms with E-state index in [2.05, 4.69) is 41.4 Å². The van der Waals surface area contributed by atoms with Gasteiger partial charge >= 0.3 is 12.1 Å². The number of hydrogen-bond donors (Lipinski definition) is 2. The summed E-state index contributed by atoms with van der Waals surface area (Å²) in [5.74, 6) is -1.68. The molecule has 31 heavy (non-hydrogen) atoms. The number of rotatable bonds is 5. The number of carboxylic acid groups (broad SMARTS) is 1. The molecule has 172 valence electrons. The van der Waals surface area contributed by atoms with Gasteiger partial charge in [0.1, 0.15) is 0 Å². The number of benzene rings is 1. The standard InChI is InChI=1S/C20H28N2O2.C2HF3O2/c1-15-4-2-5-16(8-15)9-22-10-18-11-24-14-20(18,13-22)12-21-19(23)17-6-3-7-17;3-2(4,5)1(6)7/h2,4-5,8,17-18H,3,6-7,9-14H2,1H3,(H,21,23);(H,6,7)/t18-,20+;/m1./s1. The van der Waals surface area contributed by atoms with E-state index < -0.39 is 12.1 Å². The fourth-order valence-electron chi connectivity index (χ4n) is 4.46. The molecule has 1 aromatic rings. The molecule has 6 nitrogen and oxygen atoms in total. The second kappa shape index (κ2) is 9.56. The number of carbonyl (C=O) groups is 2. The number of halogens is 3. The minimum Gasteiger partial charge on any atom is -0.475 e. The van der Waals surface area contributed by atoms with E-state index in [4.69, 9.17) is 14.6 Å². The number of carbonyl (C=O) groups excluding carboxylic acids is 1. The van der Waals surface area contributed by atoms with Crippen molar-refractivity contribution in [2.45, 2.75) is 38.9 Å². The second-order valence-electron chi connectivity index (χ2n) is 8.88. The molecule has 2 saturated heterocycles. The molecule has 2 aliphatic heterocycles. The monoisotopic (exact) mass is 442 g/mol. The van der Waals surface area contributed by atoms with Gasteiger partial charge in [0.05, 0.1) is 13.2 Å². The molecule has 3 fully saturated rings. The van der Waals surface area contributed by atoms with Gasteiger partial charge in [-0.25, -0.2) is 4.79 Å². The zero-order valence-corrected chi connectivity index (χ0v) is 17.6. The van der Waals surface area contributed by atoms with Gasteiger partial charge in [-0.3, -0.25) is 9.69 Å². The van der Waals surface area contributed by atoms with Crippen molar-refractivity contribution < 1.29 is 32.6 Å². The summed E-state index contributed by atoms with van der Waals surface area (Å²) in [6.07, 6.45) is -1.74. The van der Waals surface area contributed by atoms with E-state index in [-0.39, 0.29) is 17.2 Å². The lowest BCUT2D eigenvalue weighted by molar-refractivity contribution is -0.192. The summed E-state index contributed by atoms with van der Waals surface area (Å²) >= 11 is 0. The fraction of sp³-hybridized carbons (Fsp3) is 0.636. The summed E-state index contributed by atoms with van der Waals surface area (Å²) in [6, 6.07) is 8.77. The highest BCUT2D eigenvalue weighted by atomic mass is 19.4. The highest BCUT2D eigenvalue weighted by Gasteiger charge is 2.50. The van der Waals surface area contributed by atoms with Gasteiger partial charge in [0.25, 0.3) is 0 Å². The first-order valence-electron chi connectivity index (χ1n) is 10.5. The van der Waals surface area contributed by atoms with Crippen molar-refractivity contribution in [2.75, 3.05) is 32.8 Å². The highest BCUT2D eigenvalue weighted by molar-refractivity contribution is 5.79. The maximum atomic E-state index is 12.2. The van der Waals surface area contributed by atoms with Crippen LogP contribution in [0.2, 0.25) is 0 Å². The predicted octanol–water partition coefficient (Wildman–Crippen LogP) is 2.99. The van der Waals surface area contributed by atoms with Gasteiger partial charge < -0.3 is 15.2 Å². The molecule has 0 bridgehead atoms. The number of aliphatic carboxylic acids is 1. The fourth-order valence-corrected chi connectivity index (χ4v) is 4.46. The van der Waals surface area contributed by atoms with E-state index in [9.17, 15) is 18.0 Å². The van der Waals surface area contributed by atoms with E-state index in [1.54, 1.807) is 0 Å². The number of carboxylic acids is 1. The Bertz CT molecular complexity index is 797. The third-order valence-corrected chi connectivity index (χ3v) is 6.41. The molecule has 4 rings (SSSR count). The molecular weight excluding hydrogens is 413 g/mol. The Morgan fingerprint density at radius 1 is 1.32 bits per heavy atom. The summed E-state index contributed by atoms with van der Waals surface area (Å²) in [7, 11) is 0.